The molecule has 32 heavy (non-hydrogen) atoms. The highest BCUT2D eigenvalue weighted by molar-refractivity contribution is 7.21. The van der Waals surface area contributed by atoms with Gasteiger partial charge in [0.15, 0.2) is 0 Å². The summed E-state index contributed by atoms with van der Waals surface area (Å²) in [5.41, 5.74) is 9.36. The lowest BCUT2D eigenvalue weighted by Crippen LogP contribution is -2.47. The van der Waals surface area contributed by atoms with Gasteiger partial charge in [-0.1, -0.05) is 6.07 Å². The maximum Gasteiger partial charge on any atom is 0.241 e. The molecule has 2 amide bonds. The molecule has 2 aromatic carbocycles. The van der Waals surface area contributed by atoms with Crippen LogP contribution in [-0.2, 0) is 9.59 Å². The molecule has 3 N–H and O–H groups in total. The number of nitrogens with one attached hydrogen (secondary N) is 1. The van der Waals surface area contributed by atoms with Gasteiger partial charge in [-0.3, -0.25) is 14.5 Å². The molecule has 6 nitrogen and oxygen atoms in total. The Hall–Kier alpha value is -2.77. The van der Waals surface area contributed by atoms with Crippen LogP contribution in [-0.4, -0.2) is 40.8 Å². The van der Waals surface area contributed by atoms with Crippen LogP contribution in [0.4, 0.5) is 5.69 Å². The first-order valence-electron chi connectivity index (χ1n) is 11.2. The van der Waals surface area contributed by atoms with Gasteiger partial charge in [-0.25, -0.2) is 4.98 Å². The van der Waals surface area contributed by atoms with Gasteiger partial charge < -0.3 is 11.1 Å². The van der Waals surface area contributed by atoms with Gasteiger partial charge in [-0.15, -0.1) is 11.3 Å². The van der Waals surface area contributed by atoms with Crippen LogP contribution < -0.4 is 11.1 Å². The van der Waals surface area contributed by atoms with Crippen LogP contribution in [0.5, 0.6) is 0 Å². The van der Waals surface area contributed by atoms with Crippen molar-refractivity contribution in [1.29, 1.82) is 0 Å². The molecule has 0 bridgehead atoms. The van der Waals surface area contributed by atoms with Crippen molar-refractivity contribution in [3.05, 3.63) is 48.0 Å². The van der Waals surface area contributed by atoms with E-state index in [2.05, 4.69) is 35.3 Å². The number of carbonyl (C=O) groups excluding carboxylic acids is 2. The van der Waals surface area contributed by atoms with Gasteiger partial charge in [0.05, 0.1) is 16.3 Å². The minimum Gasteiger partial charge on any atom is -0.370 e. The summed E-state index contributed by atoms with van der Waals surface area (Å²) in [7, 11) is 0. The molecule has 7 heteroatoms. The van der Waals surface area contributed by atoms with Crippen LogP contribution in [0.2, 0.25) is 0 Å². The van der Waals surface area contributed by atoms with E-state index in [1.54, 1.807) is 11.3 Å². The molecule has 0 spiro atoms. The number of likely N-dealkylation sites (tertiary alicyclic amines) is 1. The predicted octanol–water partition coefficient (Wildman–Crippen LogP) is 4.58. The smallest absolute Gasteiger partial charge is 0.241 e. The second-order valence-electron chi connectivity index (χ2n) is 8.74. The fourth-order valence-electron chi connectivity index (χ4n) is 4.30. The van der Waals surface area contributed by atoms with E-state index >= 15 is 0 Å². The number of hydrogen-bond acceptors (Lipinski definition) is 5. The van der Waals surface area contributed by atoms with E-state index in [-0.39, 0.29) is 17.9 Å². The Morgan fingerprint density at radius 3 is 2.78 bits per heavy atom. The van der Waals surface area contributed by atoms with Crippen LogP contribution in [0.3, 0.4) is 0 Å². The average molecular weight is 451 g/mol. The number of hydrogen-bond donors (Lipinski definition) is 2. The number of amides is 2. The summed E-state index contributed by atoms with van der Waals surface area (Å²) in [5, 5.41) is 4.02. The number of nitrogens with zero attached hydrogens (tertiary/aromatic N) is 2. The standard InChI is InChI=1S/C25H30N4O2S/c1-16-5-11-21-22(14-16)32-25(28-21)19-7-9-20(10-8-19)27-24(31)17(2)29-13-3-4-18(15-29)6-12-23(26)30/h5,7-11,14,17-18H,3-4,6,12-13,15H2,1-2H3,(H2,26,30)(H,27,31). The molecule has 1 aromatic heterocycles. The molecule has 0 saturated carbocycles. The molecule has 4 rings (SSSR count). The molecular formula is C25H30N4O2S. The third kappa shape index (κ3) is 5.34. The topological polar surface area (TPSA) is 88.3 Å². The van der Waals surface area contributed by atoms with Crippen molar-refractivity contribution in [2.45, 2.75) is 45.6 Å². The van der Waals surface area contributed by atoms with E-state index in [0.717, 1.165) is 54.1 Å². The zero-order chi connectivity index (χ0) is 22.7. The Labute approximate surface area is 192 Å². The van der Waals surface area contributed by atoms with Gasteiger partial charge in [0.25, 0.3) is 0 Å². The lowest BCUT2D eigenvalue weighted by atomic mass is 9.92. The monoisotopic (exact) mass is 450 g/mol. The summed E-state index contributed by atoms with van der Waals surface area (Å²) in [6, 6.07) is 13.9. The maximum absolute atomic E-state index is 12.9. The molecule has 0 aliphatic carbocycles. The first-order valence-corrected chi connectivity index (χ1v) is 12.0. The number of aromatic nitrogens is 1. The van der Waals surface area contributed by atoms with E-state index in [9.17, 15) is 9.59 Å². The SMILES string of the molecule is Cc1ccc2nc(-c3ccc(NC(=O)C(C)N4CCCC(CCC(N)=O)C4)cc3)sc2c1. The summed E-state index contributed by atoms with van der Waals surface area (Å²) in [4.78, 5) is 30.9. The van der Waals surface area contributed by atoms with Crippen LogP contribution in [0.15, 0.2) is 42.5 Å². The van der Waals surface area contributed by atoms with Crippen molar-refractivity contribution < 1.29 is 9.59 Å². The fraction of sp³-hybridized carbons (Fsp3) is 0.400. The summed E-state index contributed by atoms with van der Waals surface area (Å²) in [5.74, 6) is 0.157. The summed E-state index contributed by atoms with van der Waals surface area (Å²) in [6.45, 7) is 5.77. The highest BCUT2D eigenvalue weighted by Crippen LogP contribution is 2.31. The van der Waals surface area contributed by atoms with Crippen molar-refractivity contribution in [1.82, 2.24) is 9.88 Å². The van der Waals surface area contributed by atoms with E-state index < -0.39 is 0 Å². The first kappa shape index (κ1) is 22.4. The number of benzene rings is 2. The van der Waals surface area contributed by atoms with Crippen LogP contribution in [0.1, 0.15) is 38.2 Å². The lowest BCUT2D eigenvalue weighted by Gasteiger charge is -2.36. The van der Waals surface area contributed by atoms with Gasteiger partial charge in [0.2, 0.25) is 11.8 Å². The van der Waals surface area contributed by atoms with Crippen molar-refractivity contribution in [3.63, 3.8) is 0 Å². The Morgan fingerprint density at radius 1 is 1.25 bits per heavy atom. The average Bonchev–Trinajstić information content (AvgIpc) is 3.21. The number of nitrogens with two attached hydrogens (primary N) is 1. The lowest BCUT2D eigenvalue weighted by molar-refractivity contribution is -0.122. The second-order valence-corrected chi connectivity index (χ2v) is 9.77. The van der Waals surface area contributed by atoms with Crippen LogP contribution in [0, 0.1) is 12.8 Å². The van der Waals surface area contributed by atoms with Gasteiger partial charge in [0, 0.05) is 24.2 Å². The van der Waals surface area contributed by atoms with Gasteiger partial charge in [-0.05, 0) is 87.5 Å². The highest BCUT2D eigenvalue weighted by Gasteiger charge is 2.27. The van der Waals surface area contributed by atoms with Crippen molar-refractivity contribution in [3.8, 4) is 10.6 Å². The Morgan fingerprint density at radius 2 is 2.03 bits per heavy atom. The summed E-state index contributed by atoms with van der Waals surface area (Å²) < 4.78 is 1.18. The fourth-order valence-corrected chi connectivity index (χ4v) is 5.36. The van der Waals surface area contributed by atoms with E-state index in [1.165, 1.54) is 10.3 Å². The molecule has 0 radical (unpaired) electrons. The number of anilines is 1. The van der Waals surface area contributed by atoms with Crippen LogP contribution >= 0.6 is 11.3 Å². The minimum atomic E-state index is -0.252. The molecule has 1 aliphatic heterocycles. The quantitative estimate of drug-likeness (QED) is 0.552. The molecule has 168 valence electrons. The molecule has 3 aromatic rings. The van der Waals surface area contributed by atoms with E-state index in [1.807, 2.05) is 31.2 Å². The normalized spacial score (nSPS) is 17.9. The number of primary amides is 1. The highest BCUT2D eigenvalue weighted by atomic mass is 32.1. The molecule has 2 heterocycles. The van der Waals surface area contributed by atoms with E-state index in [4.69, 9.17) is 10.7 Å². The first-order chi connectivity index (χ1) is 15.4. The number of piperidine rings is 1. The number of aryl methyl sites for hydroxylation is 1. The van der Waals surface area contributed by atoms with Crippen LogP contribution in [0.25, 0.3) is 20.8 Å². The number of rotatable bonds is 7. The Kier molecular flexibility index (Phi) is 6.86. The maximum atomic E-state index is 12.9. The largest absolute Gasteiger partial charge is 0.370 e. The molecule has 2 unspecified atom stereocenters. The van der Waals surface area contributed by atoms with Gasteiger partial charge >= 0.3 is 0 Å². The Bertz CT molecular complexity index is 1110. The molecular weight excluding hydrogens is 420 g/mol. The molecule has 2 atom stereocenters. The second kappa shape index (κ2) is 9.79. The summed E-state index contributed by atoms with van der Waals surface area (Å²) >= 11 is 1.68. The predicted molar refractivity (Wildman–Crippen MR) is 131 cm³/mol. The number of fused-ring (bicyclic) bond motifs is 1. The third-order valence-electron chi connectivity index (χ3n) is 6.22. The molecule has 1 saturated heterocycles. The van der Waals surface area contributed by atoms with Crippen molar-refractivity contribution >= 4 is 39.1 Å². The minimum absolute atomic E-state index is 0.0104. The van der Waals surface area contributed by atoms with Gasteiger partial charge in [-0.2, -0.15) is 0 Å². The Balaban J connectivity index is 1.37. The van der Waals surface area contributed by atoms with E-state index in [0.29, 0.717) is 12.3 Å². The van der Waals surface area contributed by atoms with Crippen molar-refractivity contribution in [2.75, 3.05) is 18.4 Å². The number of carbonyl (C=O) groups is 2. The number of thiazole rings is 1. The van der Waals surface area contributed by atoms with Gasteiger partial charge in [0.1, 0.15) is 5.01 Å². The zero-order valence-electron chi connectivity index (χ0n) is 18.6. The van der Waals surface area contributed by atoms with Crippen molar-refractivity contribution in [2.24, 2.45) is 11.7 Å². The molecule has 1 aliphatic rings. The molecule has 1 fully saturated rings. The summed E-state index contributed by atoms with van der Waals surface area (Å²) in [6.07, 6.45) is 3.34. The third-order valence-corrected chi connectivity index (χ3v) is 7.29. The zero-order valence-corrected chi connectivity index (χ0v) is 19.5.